The summed E-state index contributed by atoms with van der Waals surface area (Å²) in [5, 5.41) is 3.05. The Morgan fingerprint density at radius 3 is 2.78 bits per heavy atom. The molecule has 100 valence electrons. The minimum absolute atomic E-state index is 0.166. The molecular weight excluding hydrogens is 230 g/mol. The molecule has 0 fully saturated rings. The normalized spacial score (nSPS) is 12.4. The molecule has 1 rings (SSSR count). The number of hydrogen-bond donors (Lipinski definition) is 2. The Bertz CT molecular complexity index is 394. The van der Waals surface area contributed by atoms with Gasteiger partial charge in [-0.25, -0.2) is 0 Å². The van der Waals surface area contributed by atoms with E-state index in [4.69, 9.17) is 10.5 Å². The van der Waals surface area contributed by atoms with E-state index in [1.165, 1.54) is 0 Å². The summed E-state index contributed by atoms with van der Waals surface area (Å²) in [5.74, 6) is 0.479. The second-order valence-corrected chi connectivity index (χ2v) is 4.35. The van der Waals surface area contributed by atoms with Crippen LogP contribution in [-0.2, 0) is 4.79 Å². The van der Waals surface area contributed by atoms with Gasteiger partial charge in [-0.2, -0.15) is 0 Å². The maximum atomic E-state index is 10.7. The minimum atomic E-state index is -0.349. The number of amides is 1. The first-order valence-electron chi connectivity index (χ1n) is 5.84. The van der Waals surface area contributed by atoms with Crippen LogP contribution in [0, 0.1) is 0 Å². The van der Waals surface area contributed by atoms with Crippen molar-refractivity contribution in [3.05, 3.63) is 29.8 Å². The van der Waals surface area contributed by atoms with Crippen molar-refractivity contribution in [1.29, 1.82) is 0 Å². The second kappa shape index (κ2) is 6.98. The molecule has 1 aromatic carbocycles. The maximum Gasteiger partial charge on any atom is 0.231 e. The van der Waals surface area contributed by atoms with Crippen LogP contribution in [0.15, 0.2) is 24.3 Å². The SMILES string of the molecule is COc1cccc(C(CNCC(N)=O)N(C)C)c1. The van der Waals surface area contributed by atoms with Crippen molar-refractivity contribution in [2.24, 2.45) is 5.73 Å². The van der Waals surface area contributed by atoms with E-state index >= 15 is 0 Å². The summed E-state index contributed by atoms with van der Waals surface area (Å²) in [5.41, 5.74) is 6.24. The maximum absolute atomic E-state index is 10.7. The summed E-state index contributed by atoms with van der Waals surface area (Å²) in [4.78, 5) is 12.8. The predicted molar refractivity (Wildman–Crippen MR) is 71.5 cm³/mol. The minimum Gasteiger partial charge on any atom is -0.497 e. The van der Waals surface area contributed by atoms with Gasteiger partial charge >= 0.3 is 0 Å². The second-order valence-electron chi connectivity index (χ2n) is 4.35. The molecule has 5 heteroatoms. The van der Waals surface area contributed by atoms with E-state index in [2.05, 4.69) is 10.2 Å². The van der Waals surface area contributed by atoms with E-state index in [9.17, 15) is 4.79 Å². The zero-order valence-electron chi connectivity index (χ0n) is 11.1. The highest BCUT2D eigenvalue weighted by atomic mass is 16.5. The summed E-state index contributed by atoms with van der Waals surface area (Å²) in [6.07, 6.45) is 0. The quantitative estimate of drug-likeness (QED) is 0.735. The van der Waals surface area contributed by atoms with Gasteiger partial charge in [-0.3, -0.25) is 4.79 Å². The fraction of sp³-hybridized carbons (Fsp3) is 0.462. The Kier molecular flexibility index (Phi) is 5.61. The summed E-state index contributed by atoms with van der Waals surface area (Å²) < 4.78 is 5.21. The number of carbonyl (C=O) groups excluding carboxylic acids is 1. The highest BCUT2D eigenvalue weighted by Crippen LogP contribution is 2.21. The van der Waals surface area contributed by atoms with Gasteiger partial charge in [-0.1, -0.05) is 12.1 Å². The molecule has 0 aliphatic carbocycles. The first-order chi connectivity index (χ1) is 8.54. The fourth-order valence-electron chi connectivity index (χ4n) is 1.78. The van der Waals surface area contributed by atoms with Crippen molar-refractivity contribution in [2.45, 2.75) is 6.04 Å². The summed E-state index contributed by atoms with van der Waals surface area (Å²) in [6, 6.07) is 8.07. The van der Waals surface area contributed by atoms with Gasteiger partial charge in [0.05, 0.1) is 13.7 Å². The zero-order chi connectivity index (χ0) is 13.5. The lowest BCUT2D eigenvalue weighted by atomic mass is 10.1. The van der Waals surface area contributed by atoms with E-state index in [0.29, 0.717) is 6.54 Å². The van der Waals surface area contributed by atoms with Crippen molar-refractivity contribution in [1.82, 2.24) is 10.2 Å². The topological polar surface area (TPSA) is 67.6 Å². The summed E-state index contributed by atoms with van der Waals surface area (Å²) in [7, 11) is 5.64. The highest BCUT2D eigenvalue weighted by Gasteiger charge is 2.14. The molecule has 0 radical (unpaired) electrons. The molecule has 1 atom stereocenters. The van der Waals surface area contributed by atoms with Crippen LogP contribution in [0.1, 0.15) is 11.6 Å². The monoisotopic (exact) mass is 251 g/mol. The number of primary amides is 1. The molecule has 0 aliphatic rings. The molecule has 3 N–H and O–H groups in total. The Morgan fingerprint density at radius 1 is 1.50 bits per heavy atom. The number of hydrogen-bond acceptors (Lipinski definition) is 4. The number of nitrogens with two attached hydrogens (primary N) is 1. The van der Waals surface area contributed by atoms with Gasteiger partial charge in [0.25, 0.3) is 0 Å². The average molecular weight is 251 g/mol. The van der Waals surface area contributed by atoms with Crippen LogP contribution >= 0.6 is 0 Å². The smallest absolute Gasteiger partial charge is 0.231 e. The molecule has 0 saturated heterocycles. The highest BCUT2D eigenvalue weighted by molar-refractivity contribution is 5.75. The standard InChI is InChI=1S/C13H21N3O2/c1-16(2)12(8-15-9-13(14)17)10-5-4-6-11(7-10)18-3/h4-7,12,15H,8-9H2,1-3H3,(H2,14,17). The van der Waals surface area contributed by atoms with Crippen LogP contribution in [0.25, 0.3) is 0 Å². The molecule has 0 heterocycles. The molecule has 1 unspecified atom stereocenters. The number of nitrogens with one attached hydrogen (secondary N) is 1. The van der Waals surface area contributed by atoms with E-state index in [0.717, 1.165) is 11.3 Å². The Labute approximate surface area is 108 Å². The first-order valence-corrected chi connectivity index (χ1v) is 5.84. The molecular formula is C13H21N3O2. The van der Waals surface area contributed by atoms with Gasteiger partial charge < -0.3 is 20.7 Å². The average Bonchev–Trinajstić information content (AvgIpc) is 2.34. The molecule has 0 bridgehead atoms. The molecule has 0 saturated carbocycles. The Hall–Kier alpha value is -1.59. The van der Waals surface area contributed by atoms with E-state index < -0.39 is 0 Å². The van der Waals surface area contributed by atoms with Crippen LogP contribution in [0.4, 0.5) is 0 Å². The van der Waals surface area contributed by atoms with Crippen LogP contribution in [0.5, 0.6) is 5.75 Å². The number of benzene rings is 1. The van der Waals surface area contributed by atoms with Crippen molar-refractivity contribution in [3.63, 3.8) is 0 Å². The molecule has 0 aromatic heterocycles. The molecule has 1 amide bonds. The molecule has 5 nitrogen and oxygen atoms in total. The number of methoxy groups -OCH3 is 1. The molecule has 18 heavy (non-hydrogen) atoms. The fourth-order valence-corrected chi connectivity index (χ4v) is 1.78. The summed E-state index contributed by atoms with van der Waals surface area (Å²) >= 11 is 0. The number of rotatable bonds is 7. The van der Waals surface area contributed by atoms with E-state index in [1.54, 1.807) is 7.11 Å². The summed E-state index contributed by atoms with van der Waals surface area (Å²) in [6.45, 7) is 0.845. The third kappa shape index (κ3) is 4.35. The lowest BCUT2D eigenvalue weighted by Gasteiger charge is -2.25. The van der Waals surface area contributed by atoms with Gasteiger partial charge in [0.2, 0.25) is 5.91 Å². The van der Waals surface area contributed by atoms with Crippen LogP contribution in [0.2, 0.25) is 0 Å². The first kappa shape index (κ1) is 14.5. The van der Waals surface area contributed by atoms with Gasteiger partial charge in [-0.15, -0.1) is 0 Å². The van der Waals surface area contributed by atoms with Gasteiger partial charge in [0, 0.05) is 12.6 Å². The van der Waals surface area contributed by atoms with Crippen LogP contribution < -0.4 is 15.8 Å². The molecule has 0 aliphatic heterocycles. The Balaban J connectivity index is 2.73. The van der Waals surface area contributed by atoms with Crippen molar-refractivity contribution >= 4 is 5.91 Å². The third-order valence-corrected chi connectivity index (χ3v) is 2.74. The van der Waals surface area contributed by atoms with Crippen molar-refractivity contribution in [2.75, 3.05) is 34.3 Å². The largest absolute Gasteiger partial charge is 0.497 e. The van der Waals surface area contributed by atoms with E-state index in [1.807, 2.05) is 38.4 Å². The third-order valence-electron chi connectivity index (χ3n) is 2.74. The lowest BCUT2D eigenvalue weighted by molar-refractivity contribution is -0.117. The zero-order valence-corrected chi connectivity index (χ0v) is 11.1. The number of ether oxygens (including phenoxy) is 1. The number of nitrogens with zero attached hydrogens (tertiary/aromatic N) is 1. The van der Waals surface area contributed by atoms with E-state index in [-0.39, 0.29) is 18.5 Å². The van der Waals surface area contributed by atoms with Crippen LogP contribution in [-0.4, -0.2) is 45.1 Å². The number of carbonyl (C=O) groups is 1. The van der Waals surface area contributed by atoms with Gasteiger partial charge in [-0.05, 0) is 31.8 Å². The van der Waals surface area contributed by atoms with Crippen LogP contribution in [0.3, 0.4) is 0 Å². The molecule has 1 aromatic rings. The van der Waals surface area contributed by atoms with Crippen molar-refractivity contribution < 1.29 is 9.53 Å². The number of likely N-dealkylation sites (N-methyl/N-ethyl adjacent to an activating group) is 1. The van der Waals surface area contributed by atoms with Crippen molar-refractivity contribution in [3.8, 4) is 5.75 Å². The predicted octanol–water partition coefficient (Wildman–Crippen LogP) is 0.373. The van der Waals surface area contributed by atoms with Gasteiger partial charge in [0.15, 0.2) is 0 Å². The molecule has 0 spiro atoms. The lowest BCUT2D eigenvalue weighted by Crippen LogP contribution is -2.35. The van der Waals surface area contributed by atoms with Gasteiger partial charge in [0.1, 0.15) is 5.75 Å². The Morgan fingerprint density at radius 2 is 2.22 bits per heavy atom.